The average Bonchev–Trinajstić information content (AvgIpc) is 3.34. The number of carbonyl (C=O) groups is 1. The molecule has 162 valence electrons. The monoisotopic (exact) mass is 410 g/mol. The van der Waals surface area contributed by atoms with Crippen molar-refractivity contribution in [2.24, 2.45) is 5.92 Å². The number of amides is 1. The smallest absolute Gasteiger partial charge is 0.223 e. The predicted molar refractivity (Wildman–Crippen MR) is 118 cm³/mol. The Balaban J connectivity index is 1.37. The number of benzene rings is 1. The van der Waals surface area contributed by atoms with Crippen molar-refractivity contribution in [1.29, 1.82) is 0 Å². The zero-order chi connectivity index (χ0) is 21.0. The fourth-order valence-electron chi connectivity index (χ4n) is 5.93. The minimum absolute atomic E-state index is 0.107. The Morgan fingerprint density at radius 1 is 1.30 bits per heavy atom. The van der Waals surface area contributed by atoms with Gasteiger partial charge < -0.3 is 19.7 Å². The van der Waals surface area contributed by atoms with Gasteiger partial charge in [0, 0.05) is 35.6 Å². The Labute approximate surface area is 178 Å². The maximum Gasteiger partial charge on any atom is 0.223 e. The Hall–Kier alpha value is -2.01. The molecule has 1 saturated carbocycles. The van der Waals surface area contributed by atoms with Gasteiger partial charge in [0.1, 0.15) is 5.75 Å². The van der Waals surface area contributed by atoms with Gasteiger partial charge in [-0.15, -0.1) is 0 Å². The molecule has 2 aromatic rings. The normalized spacial score (nSPS) is 32.3. The van der Waals surface area contributed by atoms with Gasteiger partial charge in [-0.1, -0.05) is 19.9 Å². The minimum atomic E-state index is -0.649. The lowest BCUT2D eigenvalue weighted by atomic mass is 9.73. The summed E-state index contributed by atoms with van der Waals surface area (Å²) in [5, 5.41) is 11.8. The zero-order valence-corrected chi connectivity index (χ0v) is 18.4. The molecule has 1 aromatic carbocycles. The molecule has 2 N–H and O–H groups in total. The summed E-state index contributed by atoms with van der Waals surface area (Å²) in [6.45, 7) is 6.35. The maximum absolute atomic E-state index is 13.4. The number of aromatic nitrogens is 1. The Kier molecular flexibility index (Phi) is 4.85. The van der Waals surface area contributed by atoms with Crippen molar-refractivity contribution in [2.75, 3.05) is 0 Å². The molecule has 3 unspecified atom stereocenters. The highest BCUT2D eigenvalue weighted by Gasteiger charge is 2.46. The maximum atomic E-state index is 13.4. The number of piperidine rings is 2. The second kappa shape index (κ2) is 7.30. The molecule has 2 aliphatic heterocycles. The van der Waals surface area contributed by atoms with Crippen molar-refractivity contribution in [1.82, 2.24) is 9.88 Å². The number of fused-ring (bicyclic) bond motifs is 3. The first kappa shape index (κ1) is 19.9. The third-order valence-electron chi connectivity index (χ3n) is 7.30. The number of nitrogens with one attached hydrogen (secondary N) is 1. The summed E-state index contributed by atoms with van der Waals surface area (Å²) in [5.74, 6) is 1.89. The summed E-state index contributed by atoms with van der Waals surface area (Å²) >= 11 is 0. The molecule has 5 heteroatoms. The molecule has 3 heterocycles. The van der Waals surface area contributed by atoms with E-state index in [9.17, 15) is 9.90 Å². The van der Waals surface area contributed by atoms with Crippen LogP contribution in [0.4, 0.5) is 0 Å². The van der Waals surface area contributed by atoms with E-state index in [1.165, 1.54) is 0 Å². The number of aliphatic hydroxyl groups is 1. The third-order valence-corrected chi connectivity index (χ3v) is 7.30. The molecular weight excluding hydrogens is 376 g/mol. The van der Waals surface area contributed by atoms with Gasteiger partial charge in [-0.3, -0.25) is 4.79 Å². The van der Waals surface area contributed by atoms with E-state index in [4.69, 9.17) is 4.74 Å². The number of H-pyrrole nitrogens is 1. The van der Waals surface area contributed by atoms with Crippen LogP contribution >= 0.6 is 0 Å². The van der Waals surface area contributed by atoms with Gasteiger partial charge in [-0.25, -0.2) is 0 Å². The van der Waals surface area contributed by atoms with E-state index < -0.39 is 5.60 Å². The fraction of sp³-hybridized carbons (Fsp3) is 0.640. The molecule has 0 spiro atoms. The number of hydrogen-bond donors (Lipinski definition) is 2. The summed E-state index contributed by atoms with van der Waals surface area (Å²) in [6.07, 6.45) is 8.53. The molecule has 1 amide bonds. The van der Waals surface area contributed by atoms with Crippen molar-refractivity contribution in [3.63, 3.8) is 0 Å². The van der Waals surface area contributed by atoms with E-state index >= 15 is 0 Å². The standard InChI is InChI=1S/C25H34N2O3/c1-15-9-17-12-25(3,29)13-18(10-15)27(17)23(28)11-16(2)20-14-26-21-5-4-6-22(24(20)21)30-19-7-8-19/h4-6,14-19,26,29H,7-13H2,1-3H3. The van der Waals surface area contributed by atoms with Crippen molar-refractivity contribution >= 4 is 16.8 Å². The van der Waals surface area contributed by atoms with Crippen LogP contribution in [0.2, 0.25) is 0 Å². The highest BCUT2D eigenvalue weighted by molar-refractivity contribution is 5.90. The Morgan fingerprint density at radius 3 is 2.67 bits per heavy atom. The van der Waals surface area contributed by atoms with E-state index in [0.717, 1.165) is 47.9 Å². The molecule has 2 bridgehead atoms. The largest absolute Gasteiger partial charge is 0.490 e. The van der Waals surface area contributed by atoms with E-state index in [0.29, 0.717) is 31.3 Å². The topological polar surface area (TPSA) is 65.6 Å². The molecule has 3 aliphatic rings. The number of rotatable bonds is 5. The predicted octanol–water partition coefficient (Wildman–Crippen LogP) is 4.74. The molecular formula is C25H34N2O3. The minimum Gasteiger partial charge on any atom is -0.490 e. The van der Waals surface area contributed by atoms with Crippen molar-refractivity contribution in [3.05, 3.63) is 30.0 Å². The number of ether oxygens (including phenoxy) is 1. The highest BCUT2D eigenvalue weighted by atomic mass is 16.5. The van der Waals surface area contributed by atoms with Crippen LogP contribution in [0.5, 0.6) is 5.75 Å². The third kappa shape index (κ3) is 3.73. The van der Waals surface area contributed by atoms with Gasteiger partial charge in [0.15, 0.2) is 0 Å². The molecule has 3 fully saturated rings. The number of nitrogens with zero attached hydrogens (tertiary/aromatic N) is 1. The summed E-state index contributed by atoms with van der Waals surface area (Å²) in [5.41, 5.74) is 1.59. The van der Waals surface area contributed by atoms with E-state index in [1.54, 1.807) is 0 Å². The molecule has 0 radical (unpaired) electrons. The highest BCUT2D eigenvalue weighted by Crippen LogP contribution is 2.43. The van der Waals surface area contributed by atoms with Gasteiger partial charge in [0.2, 0.25) is 5.91 Å². The van der Waals surface area contributed by atoms with Crippen molar-refractivity contribution < 1.29 is 14.6 Å². The SMILES string of the molecule is CC1CC2CC(C)(O)CC(C1)N2C(=O)CC(C)c1c[nH]c2cccc(OC3CC3)c12. The van der Waals surface area contributed by atoms with Gasteiger partial charge in [-0.05, 0) is 75.0 Å². The number of carbonyl (C=O) groups excluding carboxylic acids is 1. The van der Waals surface area contributed by atoms with Gasteiger partial charge in [-0.2, -0.15) is 0 Å². The van der Waals surface area contributed by atoms with E-state index in [2.05, 4.69) is 29.8 Å². The molecule has 5 nitrogen and oxygen atoms in total. The van der Waals surface area contributed by atoms with Crippen LogP contribution in [0.25, 0.3) is 10.9 Å². The molecule has 1 aromatic heterocycles. The summed E-state index contributed by atoms with van der Waals surface area (Å²) < 4.78 is 6.16. The summed E-state index contributed by atoms with van der Waals surface area (Å²) in [6, 6.07) is 6.48. The second-order valence-corrected chi connectivity index (χ2v) is 10.4. The molecule has 5 rings (SSSR count). The van der Waals surface area contributed by atoms with Gasteiger partial charge in [0.25, 0.3) is 0 Å². The lowest BCUT2D eigenvalue weighted by Crippen LogP contribution is -2.60. The first-order chi connectivity index (χ1) is 14.3. The van der Waals surface area contributed by atoms with E-state index in [1.807, 2.05) is 25.3 Å². The van der Waals surface area contributed by atoms with Crippen LogP contribution in [0.15, 0.2) is 24.4 Å². The summed E-state index contributed by atoms with van der Waals surface area (Å²) in [7, 11) is 0. The first-order valence-corrected chi connectivity index (χ1v) is 11.6. The lowest BCUT2D eigenvalue weighted by molar-refractivity contribution is -0.152. The Bertz CT molecular complexity index is 927. The second-order valence-electron chi connectivity index (χ2n) is 10.4. The van der Waals surface area contributed by atoms with Crippen molar-refractivity contribution in [3.8, 4) is 5.75 Å². The van der Waals surface area contributed by atoms with Crippen LogP contribution in [-0.4, -0.2) is 44.7 Å². The van der Waals surface area contributed by atoms with Crippen LogP contribution in [0.1, 0.15) is 77.2 Å². The fourth-order valence-corrected chi connectivity index (χ4v) is 5.93. The Morgan fingerprint density at radius 2 is 2.00 bits per heavy atom. The van der Waals surface area contributed by atoms with Gasteiger partial charge >= 0.3 is 0 Å². The van der Waals surface area contributed by atoms with Gasteiger partial charge in [0.05, 0.1) is 11.7 Å². The van der Waals surface area contributed by atoms with Crippen LogP contribution < -0.4 is 4.74 Å². The first-order valence-electron chi connectivity index (χ1n) is 11.6. The molecule has 3 atom stereocenters. The molecule has 30 heavy (non-hydrogen) atoms. The van der Waals surface area contributed by atoms with Crippen molar-refractivity contribution in [2.45, 2.75) is 95.4 Å². The molecule has 1 aliphatic carbocycles. The molecule has 2 saturated heterocycles. The number of aromatic amines is 1. The quantitative estimate of drug-likeness (QED) is 0.748. The summed E-state index contributed by atoms with van der Waals surface area (Å²) in [4.78, 5) is 19.0. The number of hydrogen-bond acceptors (Lipinski definition) is 3. The zero-order valence-electron chi connectivity index (χ0n) is 18.4. The van der Waals surface area contributed by atoms with E-state index in [-0.39, 0.29) is 23.9 Å². The van der Waals surface area contributed by atoms with Crippen LogP contribution in [0.3, 0.4) is 0 Å². The lowest BCUT2D eigenvalue weighted by Gasteiger charge is -2.53. The van der Waals surface area contributed by atoms with Crippen LogP contribution in [-0.2, 0) is 4.79 Å². The van der Waals surface area contributed by atoms with Crippen LogP contribution in [0, 0.1) is 5.92 Å². The average molecular weight is 411 g/mol.